The third-order valence-corrected chi connectivity index (χ3v) is 4.45. The topological polar surface area (TPSA) is 69.8 Å². The molecule has 0 bridgehead atoms. The van der Waals surface area contributed by atoms with Crippen molar-refractivity contribution < 1.29 is 9.52 Å². The van der Waals surface area contributed by atoms with Gasteiger partial charge >= 0.3 is 0 Å². The summed E-state index contributed by atoms with van der Waals surface area (Å²) < 4.78 is 5.56. The monoisotopic (exact) mass is 365 g/mol. The quantitative estimate of drug-likeness (QED) is 0.460. The Morgan fingerprint density at radius 3 is 2.56 bits per heavy atom. The highest BCUT2D eigenvalue weighted by atomic mass is 16.4. The lowest BCUT2D eigenvalue weighted by molar-refractivity contribution is 0.0378. The first-order chi connectivity index (χ1) is 13.0. The van der Waals surface area contributed by atoms with Crippen molar-refractivity contribution in [3.8, 4) is 0 Å². The highest BCUT2D eigenvalue weighted by Crippen LogP contribution is 2.22. The van der Waals surface area contributed by atoms with Crippen LogP contribution in [-0.4, -0.2) is 24.2 Å². The lowest BCUT2D eigenvalue weighted by Crippen LogP contribution is -2.44. The van der Waals surface area contributed by atoms with Crippen LogP contribution in [0.15, 0.2) is 64.0 Å². The standard InChI is InChI=1S/C22H27N3O2/c1-4-23-21(25-15-22(3,26)20-12-9-16(2)27-20)24-14-17-10-11-18-7-5-6-8-19(18)13-17/h5-13,26H,4,14-15H2,1-3H3,(H2,23,24,25). The third kappa shape index (κ3) is 4.89. The number of rotatable bonds is 6. The predicted molar refractivity (Wildman–Crippen MR) is 110 cm³/mol. The molecule has 0 aliphatic carbocycles. The lowest BCUT2D eigenvalue weighted by atomic mass is 10.0. The zero-order valence-corrected chi connectivity index (χ0v) is 16.1. The van der Waals surface area contributed by atoms with E-state index in [1.165, 1.54) is 10.8 Å². The molecule has 1 aromatic heterocycles. The minimum absolute atomic E-state index is 0.295. The predicted octanol–water partition coefficient (Wildman–Crippen LogP) is 3.70. The van der Waals surface area contributed by atoms with Crippen LogP contribution in [0.25, 0.3) is 10.8 Å². The van der Waals surface area contributed by atoms with Crippen LogP contribution in [0.5, 0.6) is 0 Å². The van der Waals surface area contributed by atoms with E-state index >= 15 is 0 Å². The van der Waals surface area contributed by atoms with Crippen LogP contribution >= 0.6 is 0 Å². The molecule has 1 unspecified atom stereocenters. The van der Waals surface area contributed by atoms with Crippen LogP contribution < -0.4 is 10.6 Å². The van der Waals surface area contributed by atoms with Crippen molar-refractivity contribution in [2.45, 2.75) is 32.9 Å². The number of guanidine groups is 1. The van der Waals surface area contributed by atoms with Gasteiger partial charge in [0.15, 0.2) is 5.96 Å². The van der Waals surface area contributed by atoms with Crippen LogP contribution in [-0.2, 0) is 12.1 Å². The van der Waals surface area contributed by atoms with Crippen molar-refractivity contribution >= 4 is 16.7 Å². The molecule has 5 heteroatoms. The Morgan fingerprint density at radius 2 is 1.85 bits per heavy atom. The van der Waals surface area contributed by atoms with Crippen molar-refractivity contribution in [2.75, 3.05) is 13.1 Å². The summed E-state index contributed by atoms with van der Waals surface area (Å²) in [5.41, 5.74) is 0.0206. The molecule has 2 aromatic carbocycles. The molecule has 0 amide bonds. The minimum atomic E-state index is -1.12. The summed E-state index contributed by atoms with van der Waals surface area (Å²) in [5.74, 6) is 1.98. The van der Waals surface area contributed by atoms with Gasteiger partial charge in [-0.25, -0.2) is 4.99 Å². The fourth-order valence-corrected chi connectivity index (χ4v) is 2.92. The molecule has 0 saturated heterocycles. The third-order valence-electron chi connectivity index (χ3n) is 4.45. The number of aryl methyl sites for hydroxylation is 1. The Kier molecular flexibility index (Phi) is 5.81. The summed E-state index contributed by atoms with van der Waals surface area (Å²) in [4.78, 5) is 4.65. The Balaban J connectivity index is 1.68. The Bertz CT molecular complexity index is 928. The van der Waals surface area contributed by atoms with E-state index in [2.05, 4.69) is 46.0 Å². The first kappa shape index (κ1) is 19.0. The minimum Gasteiger partial charge on any atom is -0.463 e. The van der Waals surface area contributed by atoms with Gasteiger partial charge in [0.1, 0.15) is 17.1 Å². The van der Waals surface area contributed by atoms with Gasteiger partial charge in [0.05, 0.1) is 13.1 Å². The molecule has 0 saturated carbocycles. The van der Waals surface area contributed by atoms with Crippen molar-refractivity contribution in [3.05, 3.63) is 71.7 Å². The number of hydrogen-bond acceptors (Lipinski definition) is 3. The fourth-order valence-electron chi connectivity index (χ4n) is 2.92. The maximum Gasteiger partial charge on any atom is 0.191 e. The van der Waals surface area contributed by atoms with Gasteiger partial charge in [-0.05, 0) is 55.3 Å². The van der Waals surface area contributed by atoms with Crippen LogP contribution in [0.2, 0.25) is 0 Å². The van der Waals surface area contributed by atoms with Gasteiger partial charge in [-0.3, -0.25) is 0 Å². The van der Waals surface area contributed by atoms with E-state index in [0.717, 1.165) is 17.9 Å². The maximum absolute atomic E-state index is 10.7. The number of fused-ring (bicyclic) bond motifs is 1. The van der Waals surface area contributed by atoms with Crippen LogP contribution in [0.3, 0.4) is 0 Å². The molecule has 3 N–H and O–H groups in total. The molecule has 0 aliphatic rings. The fraction of sp³-hybridized carbons (Fsp3) is 0.318. The summed E-state index contributed by atoms with van der Waals surface area (Å²) in [7, 11) is 0. The summed E-state index contributed by atoms with van der Waals surface area (Å²) in [6, 6.07) is 18.3. The number of aliphatic hydroxyl groups is 1. The van der Waals surface area contributed by atoms with E-state index in [-0.39, 0.29) is 0 Å². The molecule has 0 aliphatic heterocycles. The molecule has 5 nitrogen and oxygen atoms in total. The van der Waals surface area contributed by atoms with Gasteiger partial charge in [0.2, 0.25) is 0 Å². The first-order valence-electron chi connectivity index (χ1n) is 9.27. The number of nitrogens with zero attached hydrogens (tertiary/aromatic N) is 1. The lowest BCUT2D eigenvalue weighted by Gasteiger charge is -2.22. The number of benzene rings is 2. The Morgan fingerprint density at radius 1 is 1.07 bits per heavy atom. The molecule has 142 valence electrons. The number of aliphatic imine (C=N–C) groups is 1. The molecule has 3 rings (SSSR count). The molecular weight excluding hydrogens is 338 g/mol. The Hall–Kier alpha value is -2.79. The van der Waals surface area contributed by atoms with Crippen LogP contribution in [0, 0.1) is 6.92 Å². The molecule has 0 spiro atoms. The molecule has 3 aromatic rings. The second kappa shape index (κ2) is 8.27. The van der Waals surface area contributed by atoms with E-state index in [4.69, 9.17) is 4.42 Å². The molecular formula is C22H27N3O2. The molecule has 27 heavy (non-hydrogen) atoms. The molecule has 1 heterocycles. The summed E-state index contributed by atoms with van der Waals surface area (Å²) in [6.07, 6.45) is 0. The van der Waals surface area contributed by atoms with Gasteiger partial charge in [0, 0.05) is 6.54 Å². The second-order valence-corrected chi connectivity index (χ2v) is 6.91. The van der Waals surface area contributed by atoms with E-state index in [9.17, 15) is 5.11 Å². The summed E-state index contributed by atoms with van der Waals surface area (Å²) in [5, 5.41) is 19.5. The smallest absolute Gasteiger partial charge is 0.191 e. The van der Waals surface area contributed by atoms with Gasteiger partial charge in [0.25, 0.3) is 0 Å². The van der Waals surface area contributed by atoms with Crippen molar-refractivity contribution in [1.82, 2.24) is 10.6 Å². The Labute approximate surface area is 160 Å². The van der Waals surface area contributed by atoms with E-state index in [0.29, 0.717) is 24.8 Å². The summed E-state index contributed by atoms with van der Waals surface area (Å²) in [6.45, 7) is 7.20. The maximum atomic E-state index is 10.7. The largest absolute Gasteiger partial charge is 0.463 e. The van der Waals surface area contributed by atoms with E-state index < -0.39 is 5.60 Å². The normalized spacial score (nSPS) is 14.1. The van der Waals surface area contributed by atoms with Crippen molar-refractivity contribution in [2.24, 2.45) is 4.99 Å². The summed E-state index contributed by atoms with van der Waals surface area (Å²) >= 11 is 0. The SMILES string of the molecule is CCNC(=NCc1ccc2ccccc2c1)NCC(C)(O)c1ccc(C)o1. The first-order valence-corrected chi connectivity index (χ1v) is 9.27. The van der Waals surface area contributed by atoms with Gasteiger partial charge < -0.3 is 20.2 Å². The number of furan rings is 1. The zero-order valence-electron chi connectivity index (χ0n) is 16.1. The van der Waals surface area contributed by atoms with Crippen LogP contribution in [0.1, 0.15) is 30.9 Å². The highest BCUT2D eigenvalue weighted by molar-refractivity contribution is 5.83. The van der Waals surface area contributed by atoms with Crippen LogP contribution in [0.4, 0.5) is 0 Å². The van der Waals surface area contributed by atoms with E-state index in [1.54, 1.807) is 13.0 Å². The van der Waals surface area contributed by atoms with E-state index in [1.807, 2.05) is 32.0 Å². The zero-order chi connectivity index (χ0) is 19.3. The number of hydrogen-bond donors (Lipinski definition) is 3. The average Bonchev–Trinajstić information content (AvgIpc) is 3.11. The average molecular weight is 365 g/mol. The van der Waals surface area contributed by atoms with Crippen molar-refractivity contribution in [1.29, 1.82) is 0 Å². The molecule has 1 atom stereocenters. The second-order valence-electron chi connectivity index (χ2n) is 6.91. The van der Waals surface area contributed by atoms with Gasteiger partial charge in [-0.2, -0.15) is 0 Å². The van der Waals surface area contributed by atoms with Gasteiger partial charge in [-0.15, -0.1) is 0 Å². The molecule has 0 radical (unpaired) electrons. The highest BCUT2D eigenvalue weighted by Gasteiger charge is 2.27. The van der Waals surface area contributed by atoms with Gasteiger partial charge in [-0.1, -0.05) is 36.4 Å². The number of nitrogens with one attached hydrogen (secondary N) is 2. The molecule has 0 fully saturated rings. The van der Waals surface area contributed by atoms with Crippen molar-refractivity contribution in [3.63, 3.8) is 0 Å².